The minimum atomic E-state index is -3.93. The van der Waals surface area contributed by atoms with Crippen LogP contribution in [0.4, 0.5) is 0 Å². The fourth-order valence-corrected chi connectivity index (χ4v) is 3.21. The molecule has 0 atom stereocenters. The van der Waals surface area contributed by atoms with E-state index < -0.39 is 19.9 Å². The first-order chi connectivity index (χ1) is 8.82. The summed E-state index contributed by atoms with van der Waals surface area (Å²) >= 11 is 0. The van der Waals surface area contributed by atoms with Crippen LogP contribution in [0.2, 0.25) is 0 Å². The topological polar surface area (TPSA) is 117 Å². The molecular weight excluding hydrogens is 290 g/mol. The first-order valence-electron chi connectivity index (χ1n) is 5.37. The third kappa shape index (κ3) is 4.27. The Bertz CT molecular complexity index is 690. The van der Waals surface area contributed by atoms with Gasteiger partial charge in [-0.3, -0.25) is 0 Å². The highest BCUT2D eigenvalue weighted by molar-refractivity contribution is 7.91. The van der Waals surface area contributed by atoms with Gasteiger partial charge in [-0.15, -0.1) is 0 Å². The highest BCUT2D eigenvalue weighted by Gasteiger charge is 2.19. The van der Waals surface area contributed by atoms with E-state index in [1.165, 1.54) is 25.3 Å². The first kappa shape index (κ1) is 15.6. The summed E-state index contributed by atoms with van der Waals surface area (Å²) in [4.78, 5) is 3.38. The maximum Gasteiger partial charge on any atom is 0.243 e. The summed E-state index contributed by atoms with van der Waals surface area (Å²) in [5, 5.41) is 8.77. The number of hydrogen-bond donors (Lipinski definition) is 1. The molecule has 1 aromatic heterocycles. The van der Waals surface area contributed by atoms with E-state index >= 15 is 0 Å². The smallest absolute Gasteiger partial charge is 0.243 e. The molecule has 0 radical (unpaired) electrons. The molecule has 0 saturated heterocycles. The van der Waals surface area contributed by atoms with Crippen LogP contribution in [0.3, 0.4) is 0 Å². The molecule has 1 heterocycles. The number of sulfone groups is 1. The van der Waals surface area contributed by atoms with Crippen molar-refractivity contribution in [3.8, 4) is 6.07 Å². The van der Waals surface area contributed by atoms with Gasteiger partial charge in [-0.05, 0) is 12.1 Å². The van der Waals surface area contributed by atoms with Crippen molar-refractivity contribution in [2.75, 3.05) is 18.1 Å². The number of nitriles is 1. The lowest BCUT2D eigenvalue weighted by molar-refractivity contribution is 0.580. The Hall–Kier alpha value is -1.50. The average molecular weight is 303 g/mol. The highest BCUT2D eigenvalue weighted by Crippen LogP contribution is 2.11. The third-order valence-electron chi connectivity index (χ3n) is 2.31. The Labute approximate surface area is 112 Å². The van der Waals surface area contributed by atoms with Gasteiger partial charge < -0.3 is 0 Å². The highest BCUT2D eigenvalue weighted by atomic mass is 32.2. The van der Waals surface area contributed by atoms with Crippen molar-refractivity contribution >= 4 is 19.9 Å². The molecule has 0 unspecified atom stereocenters. The van der Waals surface area contributed by atoms with Gasteiger partial charge in [0.15, 0.2) is 15.5 Å². The van der Waals surface area contributed by atoms with E-state index in [1.807, 2.05) is 0 Å². The number of sulfonamides is 1. The van der Waals surface area contributed by atoms with Gasteiger partial charge in [0.1, 0.15) is 11.0 Å². The molecule has 0 saturated carbocycles. The number of nitrogens with one attached hydrogen (secondary N) is 1. The normalized spacial score (nSPS) is 12.0. The van der Waals surface area contributed by atoms with E-state index in [2.05, 4.69) is 9.71 Å². The van der Waals surface area contributed by atoms with Crippen LogP contribution in [-0.4, -0.2) is 39.9 Å². The van der Waals surface area contributed by atoms with Crippen molar-refractivity contribution < 1.29 is 16.8 Å². The number of aromatic nitrogens is 1. The molecule has 9 heteroatoms. The number of nitrogens with zero attached hydrogens (tertiary/aromatic N) is 2. The van der Waals surface area contributed by atoms with Gasteiger partial charge in [-0.25, -0.2) is 26.5 Å². The number of pyridine rings is 1. The van der Waals surface area contributed by atoms with Gasteiger partial charge in [0.2, 0.25) is 10.0 Å². The minimum Gasteiger partial charge on any atom is -0.244 e. The fourth-order valence-electron chi connectivity index (χ4n) is 1.24. The molecule has 0 fully saturated rings. The van der Waals surface area contributed by atoms with Crippen molar-refractivity contribution in [2.45, 2.75) is 11.8 Å². The Morgan fingerprint density at radius 3 is 2.63 bits per heavy atom. The van der Waals surface area contributed by atoms with Crippen LogP contribution in [0, 0.1) is 11.3 Å². The zero-order chi connectivity index (χ0) is 14.5. The molecule has 104 valence electrons. The summed E-state index contributed by atoms with van der Waals surface area (Å²) in [6.45, 7) is 1.25. The summed E-state index contributed by atoms with van der Waals surface area (Å²) in [5.41, 5.74) is -0.228. The van der Waals surface area contributed by atoms with E-state index in [4.69, 9.17) is 5.26 Å². The maximum atomic E-state index is 11.9. The lowest BCUT2D eigenvalue weighted by Crippen LogP contribution is -2.30. The van der Waals surface area contributed by atoms with Crippen LogP contribution in [0.25, 0.3) is 0 Å². The lowest BCUT2D eigenvalue weighted by atomic mass is 10.4. The summed E-state index contributed by atoms with van der Waals surface area (Å²) in [6, 6.07) is 4.30. The Morgan fingerprint density at radius 2 is 2.05 bits per heavy atom. The van der Waals surface area contributed by atoms with Crippen LogP contribution in [0.15, 0.2) is 23.2 Å². The molecular formula is C10H13N3O4S2. The van der Waals surface area contributed by atoms with Gasteiger partial charge in [-0.2, -0.15) is 5.26 Å². The van der Waals surface area contributed by atoms with Gasteiger partial charge in [0.25, 0.3) is 0 Å². The quantitative estimate of drug-likeness (QED) is 0.768. The van der Waals surface area contributed by atoms with Gasteiger partial charge in [-0.1, -0.05) is 6.92 Å². The van der Waals surface area contributed by atoms with Crippen molar-refractivity contribution in [2.24, 2.45) is 0 Å². The summed E-state index contributed by atoms with van der Waals surface area (Å²) < 4.78 is 48.4. The molecule has 0 aliphatic heterocycles. The SMILES string of the molecule is CCS(=O)(=O)CCNS(=O)(=O)c1cccnc1C#N. The zero-order valence-electron chi connectivity index (χ0n) is 10.2. The van der Waals surface area contributed by atoms with E-state index in [-0.39, 0.29) is 28.6 Å². The third-order valence-corrected chi connectivity index (χ3v) is 5.51. The van der Waals surface area contributed by atoms with Crippen LogP contribution < -0.4 is 4.72 Å². The standard InChI is InChI=1S/C10H13N3O4S2/c1-2-18(14,15)7-6-13-19(16,17)10-4-3-5-12-9(10)8-11/h3-5,13H,2,6-7H2,1H3. The largest absolute Gasteiger partial charge is 0.244 e. The first-order valence-corrected chi connectivity index (χ1v) is 8.68. The fraction of sp³-hybridized carbons (Fsp3) is 0.400. The number of hydrogen-bond acceptors (Lipinski definition) is 6. The Balaban J connectivity index is 2.86. The van der Waals surface area contributed by atoms with E-state index in [0.29, 0.717) is 0 Å². The molecule has 0 spiro atoms. The summed E-state index contributed by atoms with van der Waals surface area (Å²) in [6.07, 6.45) is 1.30. The van der Waals surface area contributed by atoms with E-state index in [1.54, 1.807) is 6.07 Å². The van der Waals surface area contributed by atoms with E-state index in [0.717, 1.165) is 0 Å². The lowest BCUT2D eigenvalue weighted by Gasteiger charge is -2.07. The molecule has 19 heavy (non-hydrogen) atoms. The van der Waals surface area contributed by atoms with Crippen molar-refractivity contribution in [1.82, 2.24) is 9.71 Å². The van der Waals surface area contributed by atoms with Gasteiger partial charge >= 0.3 is 0 Å². The molecule has 0 aromatic carbocycles. The van der Waals surface area contributed by atoms with Gasteiger partial charge in [0, 0.05) is 18.5 Å². The molecule has 0 aliphatic rings. The van der Waals surface area contributed by atoms with E-state index in [9.17, 15) is 16.8 Å². The molecule has 0 amide bonds. The van der Waals surface area contributed by atoms with Gasteiger partial charge in [0.05, 0.1) is 5.75 Å². The van der Waals surface area contributed by atoms with Crippen molar-refractivity contribution in [1.29, 1.82) is 5.26 Å². The minimum absolute atomic E-state index is 0.0505. The van der Waals surface area contributed by atoms with Crippen molar-refractivity contribution in [3.05, 3.63) is 24.0 Å². The summed E-state index contributed by atoms with van der Waals surface area (Å²) in [5.74, 6) is -0.337. The van der Waals surface area contributed by atoms with Crippen LogP contribution in [0.5, 0.6) is 0 Å². The second-order valence-electron chi connectivity index (χ2n) is 3.60. The Kier molecular flexibility index (Phi) is 4.99. The second kappa shape index (κ2) is 6.10. The van der Waals surface area contributed by atoms with Crippen molar-refractivity contribution in [3.63, 3.8) is 0 Å². The molecule has 1 rings (SSSR count). The predicted molar refractivity (Wildman–Crippen MR) is 68.5 cm³/mol. The maximum absolute atomic E-state index is 11.9. The predicted octanol–water partition coefficient (Wildman–Crippen LogP) is -0.334. The average Bonchev–Trinajstić information content (AvgIpc) is 2.38. The Morgan fingerprint density at radius 1 is 1.37 bits per heavy atom. The molecule has 1 N–H and O–H groups in total. The molecule has 0 bridgehead atoms. The molecule has 1 aromatic rings. The van der Waals surface area contributed by atoms with Crippen LogP contribution in [0.1, 0.15) is 12.6 Å². The summed E-state index contributed by atoms with van der Waals surface area (Å²) in [7, 11) is -7.18. The second-order valence-corrected chi connectivity index (χ2v) is 7.80. The monoisotopic (exact) mass is 303 g/mol. The number of rotatable bonds is 6. The van der Waals surface area contributed by atoms with Crippen LogP contribution in [-0.2, 0) is 19.9 Å². The zero-order valence-corrected chi connectivity index (χ0v) is 11.8. The van der Waals surface area contributed by atoms with Crippen LogP contribution >= 0.6 is 0 Å². The molecule has 7 nitrogen and oxygen atoms in total. The molecule has 0 aliphatic carbocycles.